The Labute approximate surface area is 316 Å². The third-order valence-corrected chi connectivity index (χ3v) is 9.27. The van der Waals surface area contributed by atoms with Gasteiger partial charge in [-0.3, -0.25) is 4.98 Å². The molecule has 0 unspecified atom stereocenters. The molecule has 0 atom stereocenters. The summed E-state index contributed by atoms with van der Waals surface area (Å²) in [5.41, 5.74) is 13.6. The molecule has 7 aromatic rings. The summed E-state index contributed by atoms with van der Waals surface area (Å²) < 4.78 is 8.55. The molecule has 0 radical (unpaired) electrons. The fourth-order valence-electron chi connectivity index (χ4n) is 6.36. The van der Waals surface area contributed by atoms with E-state index in [0.717, 1.165) is 28.2 Å². The Morgan fingerprint density at radius 1 is 0.588 bits per heavy atom. The molecular weight excluding hydrogens is 806 g/mol. The van der Waals surface area contributed by atoms with Crippen molar-refractivity contribution in [3.05, 3.63) is 162 Å². The monoisotopic (exact) mass is 846 g/mol. The largest absolute Gasteiger partial charge is 2.00 e. The summed E-state index contributed by atoms with van der Waals surface area (Å²) in [5, 5.41) is 0. The molecule has 2 heterocycles. The number of imidazole rings is 1. The summed E-state index contributed by atoms with van der Waals surface area (Å²) in [5.74, 6) is 2.59. The predicted octanol–water partition coefficient (Wildman–Crippen LogP) is 12.2. The van der Waals surface area contributed by atoms with Crippen molar-refractivity contribution in [2.75, 3.05) is 0 Å². The molecule has 0 aliphatic rings. The first kappa shape index (κ1) is 35.8. The van der Waals surface area contributed by atoms with Crippen molar-refractivity contribution in [1.82, 2.24) is 14.5 Å². The maximum Gasteiger partial charge on any atom is 2.00 e. The predicted molar refractivity (Wildman–Crippen MR) is 205 cm³/mol. The van der Waals surface area contributed by atoms with Gasteiger partial charge in [-0.15, -0.1) is 47.5 Å². The van der Waals surface area contributed by atoms with Crippen molar-refractivity contribution in [2.24, 2.45) is 0 Å². The maximum atomic E-state index is 6.33. The van der Waals surface area contributed by atoms with Gasteiger partial charge in [0.1, 0.15) is 0 Å². The minimum absolute atomic E-state index is 0. The van der Waals surface area contributed by atoms with Gasteiger partial charge in [0, 0.05) is 35.8 Å². The van der Waals surface area contributed by atoms with E-state index in [4.69, 9.17) is 9.72 Å². The van der Waals surface area contributed by atoms with Gasteiger partial charge in [0.2, 0.25) is 0 Å². The molecule has 51 heavy (non-hydrogen) atoms. The van der Waals surface area contributed by atoms with Crippen LogP contribution in [0.2, 0.25) is 0 Å². The van der Waals surface area contributed by atoms with Gasteiger partial charge in [0.25, 0.3) is 0 Å². The maximum absolute atomic E-state index is 6.33. The topological polar surface area (TPSA) is 39.9 Å². The van der Waals surface area contributed by atoms with Gasteiger partial charge in [-0.1, -0.05) is 106 Å². The standard InChI is InChI=1S/C46H41N3O.Pt/c1-30(2)42-27-39(36-20-18-35(19-21-36)34-12-8-7-9-13-34)28-43(31(3)4)45(42)49-23-22-47-46(49)38-15-11-17-41(26-38)50-40-16-10-14-37(25-40)44-24-32(5)33(6)29-48-44;/h7-24,27-31H,1-6H3;/q-2;+2. The third-order valence-electron chi connectivity index (χ3n) is 9.27. The first-order valence-electron chi connectivity index (χ1n) is 17.3. The fourth-order valence-corrected chi connectivity index (χ4v) is 6.36. The van der Waals surface area contributed by atoms with Crippen LogP contribution < -0.4 is 4.74 Å². The molecule has 0 spiro atoms. The van der Waals surface area contributed by atoms with E-state index in [1.807, 2.05) is 48.8 Å². The smallest absolute Gasteiger partial charge is 0.497 e. The Morgan fingerprint density at radius 3 is 1.76 bits per heavy atom. The van der Waals surface area contributed by atoms with E-state index in [0.29, 0.717) is 11.5 Å². The molecule has 0 fully saturated rings. The Balaban J connectivity index is 0.00000448. The Bertz CT molecular complexity index is 2240. The van der Waals surface area contributed by atoms with E-state index in [2.05, 4.69) is 142 Å². The fraction of sp³-hybridized carbons (Fsp3) is 0.174. The van der Waals surface area contributed by atoms with E-state index < -0.39 is 0 Å². The zero-order valence-electron chi connectivity index (χ0n) is 29.8. The number of rotatable bonds is 9. The molecule has 5 aromatic carbocycles. The minimum atomic E-state index is 0. The molecule has 256 valence electrons. The molecule has 0 aliphatic heterocycles. The van der Waals surface area contributed by atoms with Crippen molar-refractivity contribution < 1.29 is 25.8 Å². The van der Waals surface area contributed by atoms with E-state index in [9.17, 15) is 0 Å². The van der Waals surface area contributed by atoms with Crippen LogP contribution in [0, 0.1) is 26.0 Å². The number of pyridine rings is 1. The van der Waals surface area contributed by atoms with Crippen LogP contribution in [0.15, 0.2) is 128 Å². The van der Waals surface area contributed by atoms with Gasteiger partial charge >= 0.3 is 21.1 Å². The van der Waals surface area contributed by atoms with E-state index in [1.165, 1.54) is 44.6 Å². The number of nitrogens with zero attached hydrogens (tertiary/aromatic N) is 3. The number of hydrogen-bond donors (Lipinski definition) is 0. The summed E-state index contributed by atoms with van der Waals surface area (Å²) in [6, 6.07) is 44.9. The molecular formula is C46H41N3OPt. The first-order chi connectivity index (χ1) is 24.2. The number of hydrogen-bond acceptors (Lipinski definition) is 3. The van der Waals surface area contributed by atoms with Crippen LogP contribution in [0.5, 0.6) is 11.5 Å². The van der Waals surface area contributed by atoms with Crippen LogP contribution in [-0.2, 0) is 21.1 Å². The first-order valence-corrected chi connectivity index (χ1v) is 17.3. The average molecular weight is 847 g/mol. The summed E-state index contributed by atoms with van der Waals surface area (Å²) in [4.78, 5) is 9.47. The Morgan fingerprint density at radius 2 is 1.16 bits per heavy atom. The van der Waals surface area contributed by atoms with E-state index in [-0.39, 0.29) is 32.9 Å². The second-order valence-electron chi connectivity index (χ2n) is 13.5. The number of aryl methyl sites for hydroxylation is 2. The zero-order valence-corrected chi connectivity index (χ0v) is 32.1. The van der Waals surface area contributed by atoms with Crippen LogP contribution in [0.1, 0.15) is 61.8 Å². The van der Waals surface area contributed by atoms with Gasteiger partial charge in [-0.05, 0) is 82.5 Å². The van der Waals surface area contributed by atoms with Gasteiger partial charge in [-0.2, -0.15) is 0 Å². The molecule has 7 rings (SSSR count). The van der Waals surface area contributed by atoms with E-state index in [1.54, 1.807) is 0 Å². The summed E-state index contributed by atoms with van der Waals surface area (Å²) in [6.07, 6.45) is 5.83. The molecule has 5 heteroatoms. The molecule has 0 N–H and O–H groups in total. The van der Waals surface area contributed by atoms with Crippen molar-refractivity contribution >= 4 is 0 Å². The number of aromatic nitrogens is 3. The Hall–Kier alpha value is -5.05. The van der Waals surface area contributed by atoms with Crippen LogP contribution in [-0.4, -0.2) is 14.5 Å². The molecule has 0 saturated heterocycles. The average Bonchev–Trinajstić information content (AvgIpc) is 3.63. The molecule has 0 saturated carbocycles. The van der Waals surface area contributed by atoms with Crippen molar-refractivity contribution in [3.8, 4) is 62.1 Å². The Kier molecular flexibility index (Phi) is 10.8. The SMILES string of the molecule is Cc1cnc(-c2[c-]c(Oc3[c-]c(-c4nccn4-c4c(C(C)C)cc(-c5ccc(-c6ccccc6)cc5)cc4C(C)C)ccc3)ccc2)cc1C.[Pt+2]. The van der Waals surface area contributed by atoms with Gasteiger partial charge in [0.15, 0.2) is 0 Å². The minimum Gasteiger partial charge on any atom is -0.497 e. The molecule has 2 aromatic heterocycles. The molecule has 0 bridgehead atoms. The number of benzene rings is 5. The normalized spacial score (nSPS) is 11.1. The summed E-state index contributed by atoms with van der Waals surface area (Å²) in [7, 11) is 0. The molecule has 0 aliphatic carbocycles. The zero-order chi connectivity index (χ0) is 34.8. The van der Waals surface area contributed by atoms with Crippen LogP contribution in [0.3, 0.4) is 0 Å². The second-order valence-corrected chi connectivity index (χ2v) is 13.5. The molecule has 0 amide bonds. The van der Waals surface area contributed by atoms with Gasteiger partial charge < -0.3 is 14.3 Å². The van der Waals surface area contributed by atoms with Crippen LogP contribution in [0.25, 0.3) is 50.6 Å². The quantitative estimate of drug-likeness (QED) is 0.136. The number of ether oxygens (including phenoxy) is 1. The summed E-state index contributed by atoms with van der Waals surface area (Å²) >= 11 is 0. The van der Waals surface area contributed by atoms with Crippen LogP contribution in [0.4, 0.5) is 0 Å². The second kappa shape index (κ2) is 15.5. The van der Waals surface area contributed by atoms with Gasteiger partial charge in [-0.25, -0.2) is 0 Å². The summed E-state index contributed by atoms with van der Waals surface area (Å²) in [6.45, 7) is 13.2. The molecule has 4 nitrogen and oxygen atoms in total. The third kappa shape index (κ3) is 7.67. The van der Waals surface area contributed by atoms with Crippen molar-refractivity contribution in [1.29, 1.82) is 0 Å². The van der Waals surface area contributed by atoms with Crippen LogP contribution >= 0.6 is 0 Å². The van der Waals surface area contributed by atoms with Crippen molar-refractivity contribution in [2.45, 2.75) is 53.4 Å². The van der Waals surface area contributed by atoms with Gasteiger partial charge in [0.05, 0.1) is 5.82 Å². The van der Waals surface area contributed by atoms with Crippen molar-refractivity contribution in [3.63, 3.8) is 0 Å². The van der Waals surface area contributed by atoms with E-state index >= 15 is 0 Å².